The van der Waals surface area contributed by atoms with Crippen LogP contribution < -0.4 is 9.47 Å². The Hall–Kier alpha value is -3.42. The summed E-state index contributed by atoms with van der Waals surface area (Å²) in [5.74, 6) is -0.951. The highest BCUT2D eigenvalue weighted by Crippen LogP contribution is 2.29. The molecule has 1 unspecified atom stereocenters. The third kappa shape index (κ3) is 7.08. The predicted molar refractivity (Wildman–Crippen MR) is 117 cm³/mol. The van der Waals surface area contributed by atoms with Gasteiger partial charge in [-0.05, 0) is 48.2 Å². The molecule has 0 radical (unpaired) electrons. The minimum absolute atomic E-state index is 0.0367. The van der Waals surface area contributed by atoms with Crippen LogP contribution in [0.15, 0.2) is 36.4 Å². The van der Waals surface area contributed by atoms with Gasteiger partial charge in [0.15, 0.2) is 23.0 Å². The molecule has 2 N–H and O–H groups in total. The van der Waals surface area contributed by atoms with Crippen molar-refractivity contribution in [2.24, 2.45) is 5.41 Å². The first-order valence-electron chi connectivity index (χ1n) is 10.2. The van der Waals surface area contributed by atoms with E-state index in [0.717, 1.165) is 0 Å². The fourth-order valence-corrected chi connectivity index (χ4v) is 3.08. The Kier molecular flexibility index (Phi) is 8.34. The summed E-state index contributed by atoms with van der Waals surface area (Å²) < 4.78 is 21.0. The number of aromatic hydroxyl groups is 2. The fraction of sp³-hybridized carbons (Fsp3) is 0.417. The molecular formula is C24H30O8. The number of carbonyl (C=O) groups excluding carboxylic acids is 2. The highest BCUT2D eigenvalue weighted by atomic mass is 16.6. The van der Waals surface area contributed by atoms with Crippen LogP contribution in [-0.4, -0.2) is 49.1 Å². The van der Waals surface area contributed by atoms with Crippen molar-refractivity contribution in [1.82, 2.24) is 0 Å². The van der Waals surface area contributed by atoms with E-state index in [1.54, 1.807) is 0 Å². The van der Waals surface area contributed by atoms with Crippen LogP contribution in [0.4, 0.5) is 0 Å². The van der Waals surface area contributed by atoms with Crippen LogP contribution in [0.2, 0.25) is 0 Å². The molecule has 0 saturated carbocycles. The van der Waals surface area contributed by atoms with Crippen LogP contribution in [0.3, 0.4) is 0 Å². The topological polar surface area (TPSA) is 112 Å². The zero-order valence-electron chi connectivity index (χ0n) is 19.0. The number of carbonyl (C=O) groups is 2. The highest BCUT2D eigenvalue weighted by Gasteiger charge is 2.24. The van der Waals surface area contributed by atoms with Crippen molar-refractivity contribution in [3.63, 3.8) is 0 Å². The SMILES string of the molecule is COc1cc(C(=O)OCCC(CC(C)(C)C)OC(=O)c2ccc(O)c(OC)c2)ccc1O. The number of phenols is 2. The van der Waals surface area contributed by atoms with E-state index < -0.39 is 18.0 Å². The van der Waals surface area contributed by atoms with Crippen LogP contribution in [0.5, 0.6) is 23.0 Å². The zero-order valence-corrected chi connectivity index (χ0v) is 19.0. The van der Waals surface area contributed by atoms with Crippen molar-refractivity contribution in [3.8, 4) is 23.0 Å². The van der Waals surface area contributed by atoms with Crippen LogP contribution in [0.25, 0.3) is 0 Å². The fourth-order valence-electron chi connectivity index (χ4n) is 3.08. The second-order valence-corrected chi connectivity index (χ2v) is 8.49. The van der Waals surface area contributed by atoms with Gasteiger partial charge in [0.2, 0.25) is 0 Å². The van der Waals surface area contributed by atoms with E-state index in [9.17, 15) is 19.8 Å². The lowest BCUT2D eigenvalue weighted by molar-refractivity contribution is 0.00845. The van der Waals surface area contributed by atoms with E-state index >= 15 is 0 Å². The maximum absolute atomic E-state index is 12.6. The molecule has 0 amide bonds. The van der Waals surface area contributed by atoms with Crippen molar-refractivity contribution < 1.29 is 38.7 Å². The Morgan fingerprint density at radius 2 is 1.38 bits per heavy atom. The summed E-state index contributed by atoms with van der Waals surface area (Å²) >= 11 is 0. The van der Waals surface area contributed by atoms with Crippen LogP contribution in [0.1, 0.15) is 54.3 Å². The first-order valence-corrected chi connectivity index (χ1v) is 10.2. The smallest absolute Gasteiger partial charge is 0.338 e. The van der Waals surface area contributed by atoms with E-state index in [2.05, 4.69) is 0 Å². The van der Waals surface area contributed by atoms with Gasteiger partial charge in [0.05, 0.1) is 32.0 Å². The van der Waals surface area contributed by atoms with Crippen LogP contribution in [0, 0.1) is 5.41 Å². The summed E-state index contributed by atoms with van der Waals surface area (Å²) in [6.45, 7) is 6.10. The van der Waals surface area contributed by atoms with Gasteiger partial charge in [-0.15, -0.1) is 0 Å². The molecule has 8 heteroatoms. The molecule has 0 aliphatic rings. The van der Waals surface area contributed by atoms with Gasteiger partial charge in [-0.25, -0.2) is 9.59 Å². The van der Waals surface area contributed by atoms with Crippen molar-refractivity contribution >= 4 is 11.9 Å². The molecule has 1 atom stereocenters. The second-order valence-electron chi connectivity index (χ2n) is 8.49. The molecule has 0 fully saturated rings. The lowest BCUT2D eigenvalue weighted by Gasteiger charge is -2.26. The molecule has 0 heterocycles. The first-order chi connectivity index (χ1) is 15.0. The van der Waals surface area contributed by atoms with Gasteiger partial charge in [0, 0.05) is 6.42 Å². The first kappa shape index (κ1) is 24.8. The average Bonchev–Trinajstić information content (AvgIpc) is 2.73. The minimum atomic E-state index is -0.576. The third-order valence-corrected chi connectivity index (χ3v) is 4.62. The molecule has 32 heavy (non-hydrogen) atoms. The third-order valence-electron chi connectivity index (χ3n) is 4.62. The van der Waals surface area contributed by atoms with Crippen molar-refractivity contribution in [2.45, 2.75) is 39.7 Å². The summed E-state index contributed by atoms with van der Waals surface area (Å²) in [6.07, 6.45) is 0.363. The summed E-state index contributed by atoms with van der Waals surface area (Å²) in [4.78, 5) is 25.0. The van der Waals surface area contributed by atoms with Crippen molar-refractivity contribution in [1.29, 1.82) is 0 Å². The van der Waals surface area contributed by atoms with Gasteiger partial charge in [-0.1, -0.05) is 20.8 Å². The highest BCUT2D eigenvalue weighted by molar-refractivity contribution is 5.91. The molecule has 0 saturated heterocycles. The van der Waals surface area contributed by atoms with Crippen molar-refractivity contribution in [3.05, 3.63) is 47.5 Å². The molecule has 0 aliphatic heterocycles. The van der Waals surface area contributed by atoms with Crippen LogP contribution in [-0.2, 0) is 9.47 Å². The largest absolute Gasteiger partial charge is 0.504 e. The number of ether oxygens (including phenoxy) is 4. The Morgan fingerprint density at radius 1 is 0.875 bits per heavy atom. The average molecular weight is 446 g/mol. The summed E-state index contributed by atoms with van der Waals surface area (Å²) in [7, 11) is 2.78. The zero-order chi connectivity index (χ0) is 23.9. The van der Waals surface area contributed by atoms with E-state index in [1.165, 1.54) is 50.6 Å². The van der Waals surface area contributed by atoms with E-state index in [4.69, 9.17) is 18.9 Å². The van der Waals surface area contributed by atoms with Gasteiger partial charge in [-0.2, -0.15) is 0 Å². The summed E-state index contributed by atoms with van der Waals surface area (Å²) in [5, 5.41) is 19.4. The van der Waals surface area contributed by atoms with Crippen LogP contribution >= 0.6 is 0 Å². The number of methoxy groups -OCH3 is 2. The lowest BCUT2D eigenvalue weighted by Crippen LogP contribution is -2.26. The van der Waals surface area contributed by atoms with E-state index in [-0.39, 0.29) is 46.1 Å². The molecule has 2 aromatic rings. The predicted octanol–water partition coefficient (Wildman–Crippen LogP) is 4.32. The number of phenolic OH excluding ortho intramolecular Hbond substituents is 2. The number of rotatable bonds is 9. The maximum atomic E-state index is 12.6. The van der Waals surface area contributed by atoms with Gasteiger partial charge >= 0.3 is 11.9 Å². The normalized spacial score (nSPS) is 12.0. The Bertz CT molecular complexity index is 946. The molecular weight excluding hydrogens is 416 g/mol. The van der Waals surface area contributed by atoms with E-state index in [1.807, 2.05) is 20.8 Å². The molecule has 8 nitrogen and oxygen atoms in total. The molecule has 2 aromatic carbocycles. The standard InChI is InChI=1S/C24H30O8/c1-24(2,3)14-17(32-23(28)16-7-9-19(26)21(13-16)30-5)10-11-31-22(27)15-6-8-18(25)20(12-15)29-4/h6-9,12-13,17,25-26H,10-11,14H2,1-5H3. The number of benzene rings is 2. The van der Waals surface area contributed by atoms with E-state index in [0.29, 0.717) is 12.8 Å². The molecule has 2 rings (SSSR count). The number of hydrogen-bond acceptors (Lipinski definition) is 8. The summed E-state index contributed by atoms with van der Waals surface area (Å²) in [6, 6.07) is 8.40. The molecule has 0 bridgehead atoms. The van der Waals surface area contributed by atoms with Gasteiger partial charge in [0.25, 0.3) is 0 Å². The Labute approximate surface area is 187 Å². The Morgan fingerprint density at radius 3 is 1.84 bits per heavy atom. The number of esters is 2. The molecule has 174 valence electrons. The quantitative estimate of drug-likeness (QED) is 0.548. The van der Waals surface area contributed by atoms with Gasteiger partial charge < -0.3 is 29.2 Å². The summed E-state index contributed by atoms with van der Waals surface area (Å²) in [5.41, 5.74) is 0.346. The number of hydrogen-bond donors (Lipinski definition) is 2. The minimum Gasteiger partial charge on any atom is -0.504 e. The van der Waals surface area contributed by atoms with Gasteiger partial charge in [0.1, 0.15) is 6.10 Å². The maximum Gasteiger partial charge on any atom is 0.338 e. The molecule has 0 aromatic heterocycles. The molecule has 0 spiro atoms. The second kappa shape index (κ2) is 10.7. The monoisotopic (exact) mass is 446 g/mol. The lowest BCUT2D eigenvalue weighted by atomic mass is 9.88. The Balaban J connectivity index is 2.03. The molecule has 0 aliphatic carbocycles. The van der Waals surface area contributed by atoms with Gasteiger partial charge in [-0.3, -0.25) is 0 Å². The van der Waals surface area contributed by atoms with Crippen molar-refractivity contribution in [2.75, 3.05) is 20.8 Å².